The van der Waals surface area contributed by atoms with E-state index in [9.17, 15) is 4.79 Å². The number of hydrogen-bond acceptors (Lipinski definition) is 4. The van der Waals surface area contributed by atoms with Gasteiger partial charge in [-0.3, -0.25) is 4.79 Å². The molecular weight excluding hydrogens is 388 g/mol. The lowest BCUT2D eigenvalue weighted by molar-refractivity contribution is -0.139. The van der Waals surface area contributed by atoms with E-state index in [0.717, 1.165) is 42.5 Å². The highest BCUT2D eigenvalue weighted by Gasteiger charge is 2.41. The standard InChI is InChI=1S/C23H25ClN2O3/c1-28-20-12-11-15(13-21(20)29-2)22-17-8-4-5-9-18(17)23(27)26(25-22)14-16-7-3-6-10-19(16)24/h3,6-7,10-13,17-18H,4-5,8-9,14H2,1-2H3. The van der Waals surface area contributed by atoms with Gasteiger partial charge >= 0.3 is 0 Å². The van der Waals surface area contributed by atoms with Gasteiger partial charge in [-0.15, -0.1) is 0 Å². The number of nitrogens with zero attached hydrogens (tertiary/aromatic N) is 2. The van der Waals surface area contributed by atoms with Gasteiger partial charge < -0.3 is 9.47 Å². The smallest absolute Gasteiger partial charge is 0.246 e. The monoisotopic (exact) mass is 412 g/mol. The zero-order chi connectivity index (χ0) is 20.4. The molecule has 29 heavy (non-hydrogen) atoms. The predicted octanol–water partition coefficient (Wildman–Crippen LogP) is 4.91. The number of halogens is 1. The first kappa shape index (κ1) is 19.8. The molecule has 0 radical (unpaired) electrons. The van der Waals surface area contributed by atoms with Gasteiger partial charge in [0.15, 0.2) is 11.5 Å². The molecule has 1 aliphatic carbocycles. The molecule has 152 valence electrons. The molecule has 0 bridgehead atoms. The van der Waals surface area contributed by atoms with E-state index in [-0.39, 0.29) is 17.7 Å². The predicted molar refractivity (Wildman–Crippen MR) is 114 cm³/mol. The van der Waals surface area contributed by atoms with E-state index in [1.54, 1.807) is 19.2 Å². The number of carbonyl (C=O) groups is 1. The van der Waals surface area contributed by atoms with Gasteiger partial charge in [-0.2, -0.15) is 5.10 Å². The quantitative estimate of drug-likeness (QED) is 0.701. The maximum Gasteiger partial charge on any atom is 0.246 e. The normalized spacial score (nSPS) is 21.4. The molecule has 2 aromatic rings. The minimum atomic E-state index is -0.0353. The molecule has 2 aromatic carbocycles. The first-order valence-corrected chi connectivity index (χ1v) is 10.4. The molecule has 0 spiro atoms. The lowest BCUT2D eigenvalue weighted by Gasteiger charge is -2.38. The Morgan fingerprint density at radius 2 is 1.76 bits per heavy atom. The molecule has 2 atom stereocenters. The Morgan fingerprint density at radius 1 is 1.03 bits per heavy atom. The molecular formula is C23H25ClN2O3. The van der Waals surface area contributed by atoms with E-state index in [0.29, 0.717) is 23.1 Å². The second kappa shape index (κ2) is 8.46. The van der Waals surface area contributed by atoms with Crippen LogP contribution in [0.2, 0.25) is 5.02 Å². The third-order valence-corrected chi connectivity index (χ3v) is 6.24. The van der Waals surface area contributed by atoms with Crippen molar-refractivity contribution in [1.29, 1.82) is 0 Å². The highest BCUT2D eigenvalue weighted by atomic mass is 35.5. The van der Waals surface area contributed by atoms with Crippen LogP contribution >= 0.6 is 11.6 Å². The fraction of sp³-hybridized carbons (Fsp3) is 0.391. The molecule has 1 heterocycles. The number of amides is 1. The van der Waals surface area contributed by atoms with Crippen LogP contribution < -0.4 is 9.47 Å². The summed E-state index contributed by atoms with van der Waals surface area (Å²) in [5, 5.41) is 7.07. The number of hydrogen-bond donors (Lipinski definition) is 0. The highest BCUT2D eigenvalue weighted by Crippen LogP contribution is 2.39. The minimum absolute atomic E-state index is 0.0353. The first-order valence-electron chi connectivity index (χ1n) is 9.98. The zero-order valence-corrected chi connectivity index (χ0v) is 17.5. The van der Waals surface area contributed by atoms with Crippen molar-refractivity contribution in [1.82, 2.24) is 5.01 Å². The van der Waals surface area contributed by atoms with Crippen LogP contribution in [0.15, 0.2) is 47.6 Å². The van der Waals surface area contributed by atoms with Crippen LogP contribution in [0.5, 0.6) is 11.5 Å². The van der Waals surface area contributed by atoms with Crippen molar-refractivity contribution in [2.75, 3.05) is 14.2 Å². The number of hydrazone groups is 1. The summed E-state index contributed by atoms with van der Waals surface area (Å²) in [5.41, 5.74) is 2.81. The molecule has 5 nitrogen and oxygen atoms in total. The summed E-state index contributed by atoms with van der Waals surface area (Å²) in [6.45, 7) is 0.374. The van der Waals surface area contributed by atoms with Crippen LogP contribution in [0.3, 0.4) is 0 Å². The lowest BCUT2D eigenvalue weighted by atomic mass is 9.73. The molecule has 1 amide bonds. The Hall–Kier alpha value is -2.53. The van der Waals surface area contributed by atoms with Crippen LogP contribution in [-0.2, 0) is 11.3 Å². The van der Waals surface area contributed by atoms with E-state index in [1.165, 1.54) is 0 Å². The van der Waals surface area contributed by atoms with Gasteiger partial charge in [0, 0.05) is 22.4 Å². The zero-order valence-electron chi connectivity index (χ0n) is 16.7. The summed E-state index contributed by atoms with van der Waals surface area (Å²) < 4.78 is 10.9. The summed E-state index contributed by atoms with van der Waals surface area (Å²) in [6, 6.07) is 13.4. The van der Waals surface area contributed by atoms with Crippen molar-refractivity contribution in [3.63, 3.8) is 0 Å². The fourth-order valence-corrected chi connectivity index (χ4v) is 4.56. The van der Waals surface area contributed by atoms with Gasteiger partial charge in [0.2, 0.25) is 5.91 Å². The van der Waals surface area contributed by atoms with E-state index in [4.69, 9.17) is 26.2 Å². The average Bonchev–Trinajstić information content (AvgIpc) is 2.76. The Bertz CT molecular complexity index is 943. The molecule has 4 rings (SSSR count). The van der Waals surface area contributed by atoms with Crippen LogP contribution in [0.4, 0.5) is 0 Å². The van der Waals surface area contributed by atoms with Gasteiger partial charge in [0.25, 0.3) is 0 Å². The average molecular weight is 413 g/mol. The molecule has 0 N–H and O–H groups in total. The summed E-state index contributed by atoms with van der Waals surface area (Å²) in [5.74, 6) is 1.54. The maximum atomic E-state index is 13.2. The summed E-state index contributed by atoms with van der Waals surface area (Å²) in [6.07, 6.45) is 4.07. The van der Waals surface area contributed by atoms with E-state index in [2.05, 4.69) is 0 Å². The summed E-state index contributed by atoms with van der Waals surface area (Å²) >= 11 is 6.34. The molecule has 6 heteroatoms. The fourth-order valence-electron chi connectivity index (χ4n) is 4.37. The van der Waals surface area contributed by atoms with E-state index < -0.39 is 0 Å². The molecule has 0 aromatic heterocycles. The minimum Gasteiger partial charge on any atom is -0.493 e. The van der Waals surface area contributed by atoms with Crippen molar-refractivity contribution in [2.45, 2.75) is 32.2 Å². The number of rotatable bonds is 5. The van der Waals surface area contributed by atoms with Gasteiger partial charge in [-0.1, -0.05) is 42.6 Å². The third-order valence-electron chi connectivity index (χ3n) is 5.87. The van der Waals surface area contributed by atoms with Gasteiger partial charge in [0.05, 0.1) is 26.5 Å². The number of benzene rings is 2. The number of carbonyl (C=O) groups excluding carboxylic acids is 1. The van der Waals surface area contributed by atoms with Crippen molar-refractivity contribution in [2.24, 2.45) is 16.9 Å². The highest BCUT2D eigenvalue weighted by molar-refractivity contribution is 6.31. The number of ether oxygens (including phenoxy) is 2. The van der Waals surface area contributed by atoms with Crippen LogP contribution in [-0.4, -0.2) is 30.8 Å². The Morgan fingerprint density at radius 3 is 2.48 bits per heavy atom. The van der Waals surface area contributed by atoms with Gasteiger partial charge in [-0.25, -0.2) is 5.01 Å². The van der Waals surface area contributed by atoms with Gasteiger partial charge in [-0.05, 0) is 42.7 Å². The SMILES string of the molecule is COc1ccc(C2=NN(Cc3ccccc3Cl)C(=O)C3CCCCC23)cc1OC. The van der Waals surface area contributed by atoms with Crippen LogP contribution in [0, 0.1) is 11.8 Å². The second-order valence-corrected chi connectivity index (χ2v) is 7.95. The Kier molecular flexibility index (Phi) is 5.76. The molecule has 1 fully saturated rings. The van der Waals surface area contributed by atoms with Crippen molar-refractivity contribution < 1.29 is 14.3 Å². The van der Waals surface area contributed by atoms with Crippen molar-refractivity contribution in [3.8, 4) is 11.5 Å². The second-order valence-electron chi connectivity index (χ2n) is 7.54. The molecule has 2 unspecified atom stereocenters. The lowest BCUT2D eigenvalue weighted by Crippen LogP contribution is -2.45. The molecule has 0 saturated heterocycles. The van der Waals surface area contributed by atoms with E-state index in [1.807, 2.05) is 42.5 Å². The Labute approximate surface area is 176 Å². The molecule has 2 aliphatic rings. The number of fused-ring (bicyclic) bond motifs is 1. The maximum absolute atomic E-state index is 13.2. The van der Waals surface area contributed by atoms with Gasteiger partial charge in [0.1, 0.15) is 0 Å². The van der Waals surface area contributed by atoms with Crippen molar-refractivity contribution >= 4 is 23.2 Å². The molecule has 1 saturated carbocycles. The van der Waals surface area contributed by atoms with Crippen LogP contribution in [0.25, 0.3) is 0 Å². The van der Waals surface area contributed by atoms with E-state index >= 15 is 0 Å². The first-order chi connectivity index (χ1) is 14.1. The van der Waals surface area contributed by atoms with Crippen LogP contribution in [0.1, 0.15) is 36.8 Å². The largest absolute Gasteiger partial charge is 0.493 e. The Balaban J connectivity index is 1.75. The summed E-state index contributed by atoms with van der Waals surface area (Å²) in [4.78, 5) is 13.2. The number of methoxy groups -OCH3 is 2. The van der Waals surface area contributed by atoms with Crippen molar-refractivity contribution in [3.05, 3.63) is 58.6 Å². The summed E-state index contributed by atoms with van der Waals surface area (Å²) in [7, 11) is 3.25. The molecule has 1 aliphatic heterocycles. The third kappa shape index (κ3) is 3.84. The topological polar surface area (TPSA) is 51.1 Å².